The van der Waals surface area contributed by atoms with Crippen molar-refractivity contribution < 1.29 is 10.2 Å². The van der Waals surface area contributed by atoms with Crippen LogP contribution in [0.3, 0.4) is 0 Å². The highest BCUT2D eigenvalue weighted by molar-refractivity contribution is 5.52. The van der Waals surface area contributed by atoms with E-state index in [2.05, 4.69) is 11.8 Å². The summed E-state index contributed by atoms with van der Waals surface area (Å²) in [5, 5.41) is 19.7. The number of hydrogen-bond donors (Lipinski definition) is 2. The van der Waals surface area contributed by atoms with Gasteiger partial charge >= 0.3 is 0 Å². The van der Waals surface area contributed by atoms with Crippen LogP contribution in [0, 0.1) is 11.8 Å². The minimum atomic E-state index is -0.617. The minimum Gasteiger partial charge on any atom is -0.389 e. The van der Waals surface area contributed by atoms with Crippen LogP contribution in [0.15, 0.2) is 48.5 Å². The maximum Gasteiger partial charge on any atom is 0.0774 e. The minimum absolute atomic E-state index is 0.617. The van der Waals surface area contributed by atoms with Gasteiger partial charge in [-0.2, -0.15) is 0 Å². The Bertz CT molecular complexity index is 605. The molecule has 0 unspecified atom stereocenters. The van der Waals surface area contributed by atoms with E-state index >= 15 is 0 Å². The van der Waals surface area contributed by atoms with Gasteiger partial charge in [0.15, 0.2) is 0 Å². The van der Waals surface area contributed by atoms with Crippen molar-refractivity contribution in [3.63, 3.8) is 0 Å². The van der Waals surface area contributed by atoms with Gasteiger partial charge in [-0.1, -0.05) is 48.2 Å². The van der Waals surface area contributed by atoms with Crippen LogP contribution >= 0.6 is 0 Å². The average Bonchev–Trinajstić information content (AvgIpc) is 2.45. The largest absolute Gasteiger partial charge is 0.389 e. The van der Waals surface area contributed by atoms with Crippen molar-refractivity contribution in [1.82, 2.24) is 0 Å². The SMILES string of the molecule is C[C@H](O)c1cccc([C@@H](C)O)c1C#Cc1ccccc1. The van der Waals surface area contributed by atoms with E-state index in [9.17, 15) is 10.2 Å². The molecule has 0 aliphatic rings. The summed E-state index contributed by atoms with van der Waals surface area (Å²) in [6.07, 6.45) is -1.23. The second-order valence-corrected chi connectivity index (χ2v) is 4.78. The molecule has 0 aromatic heterocycles. The highest BCUT2D eigenvalue weighted by Crippen LogP contribution is 2.25. The van der Waals surface area contributed by atoms with Gasteiger partial charge in [0.1, 0.15) is 0 Å². The van der Waals surface area contributed by atoms with Gasteiger partial charge in [0.25, 0.3) is 0 Å². The molecule has 2 aromatic rings. The van der Waals surface area contributed by atoms with E-state index in [4.69, 9.17) is 0 Å². The van der Waals surface area contributed by atoms with Gasteiger partial charge < -0.3 is 10.2 Å². The van der Waals surface area contributed by atoms with E-state index in [1.807, 2.05) is 48.5 Å². The summed E-state index contributed by atoms with van der Waals surface area (Å²) in [6, 6.07) is 15.2. The molecule has 2 aromatic carbocycles. The van der Waals surface area contributed by atoms with Crippen molar-refractivity contribution in [1.29, 1.82) is 0 Å². The van der Waals surface area contributed by atoms with E-state index in [-0.39, 0.29) is 0 Å². The van der Waals surface area contributed by atoms with Crippen LogP contribution in [0.25, 0.3) is 0 Å². The predicted molar refractivity (Wildman–Crippen MR) is 80.1 cm³/mol. The summed E-state index contributed by atoms with van der Waals surface area (Å²) in [5.41, 5.74) is 3.10. The number of hydrogen-bond acceptors (Lipinski definition) is 2. The van der Waals surface area contributed by atoms with E-state index in [0.29, 0.717) is 5.56 Å². The van der Waals surface area contributed by atoms with Gasteiger partial charge in [-0.25, -0.2) is 0 Å². The van der Waals surface area contributed by atoms with Crippen molar-refractivity contribution in [2.24, 2.45) is 0 Å². The van der Waals surface area contributed by atoms with Crippen LogP contribution < -0.4 is 0 Å². The fraction of sp³-hybridized carbons (Fsp3) is 0.222. The highest BCUT2D eigenvalue weighted by atomic mass is 16.3. The Balaban J connectivity index is 2.52. The van der Waals surface area contributed by atoms with Crippen LogP contribution in [-0.2, 0) is 0 Å². The Kier molecular flexibility index (Phi) is 4.57. The molecule has 2 atom stereocenters. The molecule has 0 aliphatic carbocycles. The Morgan fingerprint density at radius 2 is 1.30 bits per heavy atom. The second kappa shape index (κ2) is 6.38. The first-order chi connectivity index (χ1) is 9.59. The molecule has 0 amide bonds. The molecule has 2 rings (SSSR count). The third-order valence-electron chi connectivity index (χ3n) is 3.13. The summed E-state index contributed by atoms with van der Waals surface area (Å²) in [5.74, 6) is 6.17. The van der Waals surface area contributed by atoms with Crippen LogP contribution in [0.1, 0.15) is 48.3 Å². The summed E-state index contributed by atoms with van der Waals surface area (Å²) >= 11 is 0. The van der Waals surface area contributed by atoms with Crippen LogP contribution in [0.4, 0.5) is 0 Å². The molecule has 0 fully saturated rings. The number of aliphatic hydroxyl groups is 2. The van der Waals surface area contributed by atoms with Crippen molar-refractivity contribution in [2.45, 2.75) is 26.1 Å². The molecule has 102 valence electrons. The molecule has 2 heteroatoms. The van der Waals surface area contributed by atoms with Gasteiger partial charge in [-0.05, 0) is 37.1 Å². The Morgan fingerprint density at radius 3 is 1.80 bits per heavy atom. The fourth-order valence-corrected chi connectivity index (χ4v) is 2.09. The molecule has 2 N–H and O–H groups in total. The Hall–Kier alpha value is -2.08. The van der Waals surface area contributed by atoms with Crippen molar-refractivity contribution in [3.8, 4) is 11.8 Å². The fourth-order valence-electron chi connectivity index (χ4n) is 2.09. The monoisotopic (exact) mass is 266 g/mol. The molecule has 0 bridgehead atoms. The standard InChI is InChI=1S/C18H18O2/c1-13(19)16-9-6-10-17(14(2)20)18(16)12-11-15-7-4-3-5-8-15/h3-10,13-14,19-20H,1-2H3/t13-,14+. The molecule has 2 nitrogen and oxygen atoms in total. The lowest BCUT2D eigenvalue weighted by Crippen LogP contribution is -2.02. The average molecular weight is 266 g/mol. The molecule has 0 saturated heterocycles. The molecular formula is C18H18O2. The smallest absolute Gasteiger partial charge is 0.0774 e. The summed E-state index contributed by atoms with van der Waals surface area (Å²) < 4.78 is 0. The van der Waals surface area contributed by atoms with Crippen molar-refractivity contribution in [2.75, 3.05) is 0 Å². The zero-order valence-electron chi connectivity index (χ0n) is 11.7. The molecule has 20 heavy (non-hydrogen) atoms. The molecule has 0 aliphatic heterocycles. The lowest BCUT2D eigenvalue weighted by molar-refractivity contribution is 0.192. The molecule has 0 saturated carbocycles. The van der Waals surface area contributed by atoms with Gasteiger partial charge in [-0.3, -0.25) is 0 Å². The first kappa shape index (κ1) is 14.3. The third kappa shape index (κ3) is 3.27. The van der Waals surface area contributed by atoms with E-state index in [1.54, 1.807) is 13.8 Å². The number of rotatable bonds is 2. The topological polar surface area (TPSA) is 40.5 Å². The zero-order chi connectivity index (χ0) is 14.5. The second-order valence-electron chi connectivity index (χ2n) is 4.78. The van der Waals surface area contributed by atoms with Crippen molar-refractivity contribution in [3.05, 3.63) is 70.8 Å². The van der Waals surface area contributed by atoms with Crippen LogP contribution in [0.5, 0.6) is 0 Å². The predicted octanol–water partition coefficient (Wildman–Crippen LogP) is 3.19. The third-order valence-corrected chi connectivity index (χ3v) is 3.13. The lowest BCUT2D eigenvalue weighted by Gasteiger charge is -2.14. The normalized spacial score (nSPS) is 13.2. The highest BCUT2D eigenvalue weighted by Gasteiger charge is 2.13. The van der Waals surface area contributed by atoms with Crippen LogP contribution in [-0.4, -0.2) is 10.2 Å². The van der Waals surface area contributed by atoms with E-state index in [1.165, 1.54) is 0 Å². The molecular weight excluding hydrogens is 248 g/mol. The van der Waals surface area contributed by atoms with Gasteiger partial charge in [0, 0.05) is 11.1 Å². The molecule has 0 spiro atoms. The lowest BCUT2D eigenvalue weighted by atomic mass is 9.95. The maximum atomic E-state index is 9.86. The molecule has 0 radical (unpaired) electrons. The van der Waals surface area contributed by atoms with Gasteiger partial charge in [0.05, 0.1) is 12.2 Å². The van der Waals surface area contributed by atoms with E-state index < -0.39 is 12.2 Å². The van der Waals surface area contributed by atoms with Crippen molar-refractivity contribution >= 4 is 0 Å². The van der Waals surface area contributed by atoms with Gasteiger partial charge in [-0.15, -0.1) is 0 Å². The number of aliphatic hydroxyl groups excluding tert-OH is 2. The zero-order valence-corrected chi connectivity index (χ0v) is 11.7. The Labute approximate surface area is 119 Å². The first-order valence-corrected chi connectivity index (χ1v) is 6.65. The maximum absolute atomic E-state index is 9.86. The summed E-state index contributed by atoms with van der Waals surface area (Å²) in [6.45, 7) is 3.41. The molecule has 0 heterocycles. The Morgan fingerprint density at radius 1 is 0.750 bits per heavy atom. The number of benzene rings is 2. The van der Waals surface area contributed by atoms with Gasteiger partial charge in [0.2, 0.25) is 0 Å². The quantitative estimate of drug-likeness (QED) is 0.820. The first-order valence-electron chi connectivity index (χ1n) is 6.65. The summed E-state index contributed by atoms with van der Waals surface area (Å²) in [4.78, 5) is 0. The van der Waals surface area contributed by atoms with E-state index in [0.717, 1.165) is 16.7 Å². The van der Waals surface area contributed by atoms with Crippen LogP contribution in [0.2, 0.25) is 0 Å². The summed E-state index contributed by atoms with van der Waals surface area (Å²) in [7, 11) is 0.